The first-order valence-corrected chi connectivity index (χ1v) is 11.2. The average molecular weight is 533 g/mol. The zero-order chi connectivity index (χ0) is 25.0. The molecule has 0 atom stereocenters. The maximum absolute atomic E-state index is 10.1. The minimum atomic E-state index is -1.28. The minimum absolute atomic E-state index is 0. The topological polar surface area (TPSA) is 169 Å². The number of aromatic carboxylic acids is 2. The van der Waals surface area contributed by atoms with Crippen molar-refractivity contribution in [2.45, 2.75) is 12.8 Å². The van der Waals surface area contributed by atoms with Gasteiger partial charge in [-0.2, -0.15) is 0 Å². The Morgan fingerprint density at radius 2 is 0.914 bits per heavy atom. The summed E-state index contributed by atoms with van der Waals surface area (Å²) in [5, 5.41) is 51.5. The number of phenols is 2. The van der Waals surface area contributed by atoms with Crippen molar-refractivity contribution in [1.82, 2.24) is 21.3 Å². The molecular formula is C24H34N4NiO6. The SMILES string of the molecule is C1CNCCNCCCNCCNC1.O=C([O-])c1cccc(O)c1.O=C([O-])c1cccc(O)c1.[Ni+2]. The molecule has 1 heterocycles. The van der Waals surface area contributed by atoms with Gasteiger partial charge in [-0.15, -0.1) is 0 Å². The van der Waals surface area contributed by atoms with Gasteiger partial charge < -0.3 is 51.3 Å². The molecule has 0 amide bonds. The molecule has 10 nitrogen and oxygen atoms in total. The van der Waals surface area contributed by atoms with Crippen molar-refractivity contribution in [1.29, 1.82) is 0 Å². The number of nitrogens with one attached hydrogen (secondary N) is 4. The predicted molar refractivity (Wildman–Crippen MR) is 126 cm³/mol. The molecule has 0 radical (unpaired) electrons. The number of aromatic hydroxyl groups is 2. The van der Waals surface area contributed by atoms with Crippen LogP contribution in [0.3, 0.4) is 0 Å². The Bertz CT molecular complexity index is 747. The molecule has 0 unspecified atom stereocenters. The zero-order valence-electron chi connectivity index (χ0n) is 19.5. The summed E-state index contributed by atoms with van der Waals surface area (Å²) in [5.41, 5.74) is -0.0278. The van der Waals surface area contributed by atoms with E-state index in [1.165, 1.54) is 49.2 Å². The van der Waals surface area contributed by atoms with Gasteiger partial charge in [0.1, 0.15) is 11.5 Å². The van der Waals surface area contributed by atoms with Gasteiger partial charge in [-0.3, -0.25) is 0 Å². The van der Waals surface area contributed by atoms with Gasteiger partial charge >= 0.3 is 16.5 Å². The summed E-state index contributed by atoms with van der Waals surface area (Å²) in [5.74, 6) is -2.70. The van der Waals surface area contributed by atoms with E-state index in [4.69, 9.17) is 10.2 Å². The third-order valence-corrected chi connectivity index (χ3v) is 4.54. The number of carboxylic acids is 2. The van der Waals surface area contributed by atoms with E-state index in [2.05, 4.69) is 21.3 Å². The van der Waals surface area contributed by atoms with Crippen LogP contribution in [0.2, 0.25) is 0 Å². The van der Waals surface area contributed by atoms with E-state index >= 15 is 0 Å². The van der Waals surface area contributed by atoms with Gasteiger partial charge in [0.05, 0.1) is 11.9 Å². The van der Waals surface area contributed by atoms with Crippen LogP contribution in [0.15, 0.2) is 48.5 Å². The first-order valence-electron chi connectivity index (χ1n) is 11.2. The quantitative estimate of drug-likeness (QED) is 0.254. The van der Waals surface area contributed by atoms with E-state index in [1.807, 2.05) is 0 Å². The van der Waals surface area contributed by atoms with Crippen LogP contribution in [-0.2, 0) is 16.5 Å². The largest absolute Gasteiger partial charge is 2.00 e. The normalized spacial score (nSPS) is 14.9. The number of carbonyl (C=O) groups is 2. The third kappa shape index (κ3) is 17.4. The van der Waals surface area contributed by atoms with Crippen LogP contribution >= 0.6 is 0 Å². The standard InChI is InChI=1S/C10H24N4.2C7H6O3.Ni/c1-3-11-7-9-13-5-2-6-14-10-8-12-4-1;2*8-6-3-1-2-5(4-6)7(9)10;/h11-14H,1-10H2;2*1-4,8H,(H,9,10);/q;;;+2/p-2. The first-order chi connectivity index (χ1) is 16.4. The molecule has 35 heavy (non-hydrogen) atoms. The molecule has 0 aromatic heterocycles. The van der Waals surface area contributed by atoms with E-state index in [9.17, 15) is 19.8 Å². The fraction of sp³-hybridized carbons (Fsp3) is 0.417. The van der Waals surface area contributed by atoms with Crippen molar-refractivity contribution >= 4 is 11.9 Å². The predicted octanol–water partition coefficient (Wildman–Crippen LogP) is -1.35. The van der Waals surface area contributed by atoms with Gasteiger partial charge in [0.2, 0.25) is 0 Å². The average Bonchev–Trinajstić information content (AvgIpc) is 2.81. The molecule has 1 fully saturated rings. The molecule has 0 saturated carbocycles. The molecular weight excluding hydrogens is 499 g/mol. The summed E-state index contributed by atoms with van der Waals surface area (Å²) < 4.78 is 0. The molecule has 1 saturated heterocycles. The number of phenolic OH excluding ortho intramolecular Hbond substituents is 2. The van der Waals surface area contributed by atoms with Crippen LogP contribution < -0.4 is 31.5 Å². The third-order valence-electron chi connectivity index (χ3n) is 4.54. The van der Waals surface area contributed by atoms with Crippen LogP contribution in [0.4, 0.5) is 0 Å². The second kappa shape index (κ2) is 20.7. The molecule has 0 aliphatic carbocycles. The number of carboxylic acid groups (broad SMARTS) is 2. The zero-order valence-corrected chi connectivity index (χ0v) is 20.5. The molecule has 2 aromatic rings. The number of carbonyl (C=O) groups excluding carboxylic acids is 2. The van der Waals surface area contributed by atoms with Crippen LogP contribution in [0, 0.1) is 0 Å². The Balaban J connectivity index is 0.000000499. The second-order valence-corrected chi connectivity index (χ2v) is 7.38. The number of benzene rings is 2. The minimum Gasteiger partial charge on any atom is -0.545 e. The summed E-state index contributed by atoms with van der Waals surface area (Å²) in [6, 6.07) is 10.7. The van der Waals surface area contributed by atoms with Gasteiger partial charge in [-0.1, -0.05) is 24.3 Å². The van der Waals surface area contributed by atoms with Gasteiger partial charge in [0.15, 0.2) is 0 Å². The molecule has 2 aromatic carbocycles. The van der Waals surface area contributed by atoms with E-state index in [0.717, 1.165) is 64.5 Å². The maximum atomic E-state index is 10.1. The molecule has 6 N–H and O–H groups in total. The van der Waals surface area contributed by atoms with Crippen LogP contribution in [0.5, 0.6) is 11.5 Å². The van der Waals surface area contributed by atoms with E-state index < -0.39 is 11.9 Å². The Morgan fingerprint density at radius 1 is 0.600 bits per heavy atom. The fourth-order valence-electron chi connectivity index (χ4n) is 2.80. The smallest absolute Gasteiger partial charge is 0.545 e. The van der Waals surface area contributed by atoms with Gasteiger partial charge in [-0.25, -0.2) is 0 Å². The fourth-order valence-corrected chi connectivity index (χ4v) is 2.80. The summed E-state index contributed by atoms with van der Waals surface area (Å²) in [6.07, 6.45) is 2.44. The van der Waals surface area contributed by atoms with E-state index in [1.54, 1.807) is 0 Å². The summed E-state index contributed by atoms with van der Waals surface area (Å²) in [4.78, 5) is 20.3. The first kappa shape index (κ1) is 32.3. The summed E-state index contributed by atoms with van der Waals surface area (Å²) >= 11 is 0. The Labute approximate surface area is 216 Å². The van der Waals surface area contributed by atoms with Crippen molar-refractivity contribution in [3.05, 3.63) is 59.7 Å². The van der Waals surface area contributed by atoms with Crippen molar-refractivity contribution in [3.63, 3.8) is 0 Å². The Hall–Kier alpha value is -2.69. The number of hydrogen-bond acceptors (Lipinski definition) is 10. The molecule has 3 rings (SSSR count). The molecule has 1 aliphatic rings. The number of hydrogen-bond donors (Lipinski definition) is 6. The maximum Gasteiger partial charge on any atom is 2.00 e. The van der Waals surface area contributed by atoms with E-state index in [-0.39, 0.29) is 39.1 Å². The molecule has 0 spiro atoms. The number of rotatable bonds is 2. The van der Waals surface area contributed by atoms with Crippen molar-refractivity contribution in [2.24, 2.45) is 0 Å². The molecule has 0 bridgehead atoms. The molecule has 11 heteroatoms. The van der Waals surface area contributed by atoms with Crippen LogP contribution in [0.1, 0.15) is 33.6 Å². The van der Waals surface area contributed by atoms with Crippen molar-refractivity contribution < 1.29 is 46.5 Å². The van der Waals surface area contributed by atoms with Crippen LogP contribution in [0.25, 0.3) is 0 Å². The van der Waals surface area contributed by atoms with Crippen molar-refractivity contribution in [3.8, 4) is 11.5 Å². The van der Waals surface area contributed by atoms with Gasteiger partial charge in [-0.05, 0) is 63.3 Å². The summed E-state index contributed by atoms with van der Waals surface area (Å²) in [6.45, 7) is 8.87. The van der Waals surface area contributed by atoms with Gasteiger partial charge in [0, 0.05) is 37.3 Å². The Kier molecular flexibility index (Phi) is 19.1. The molecule has 1 aliphatic heterocycles. The monoisotopic (exact) mass is 532 g/mol. The Morgan fingerprint density at radius 3 is 1.14 bits per heavy atom. The van der Waals surface area contributed by atoms with Crippen molar-refractivity contribution in [2.75, 3.05) is 52.4 Å². The van der Waals surface area contributed by atoms with Gasteiger partial charge in [0.25, 0.3) is 0 Å². The van der Waals surface area contributed by atoms with E-state index in [0.29, 0.717) is 0 Å². The van der Waals surface area contributed by atoms with Crippen LogP contribution in [-0.4, -0.2) is 74.5 Å². The second-order valence-electron chi connectivity index (χ2n) is 7.38. The molecule has 196 valence electrons. The summed E-state index contributed by atoms with van der Waals surface area (Å²) in [7, 11) is 0.